The van der Waals surface area contributed by atoms with Gasteiger partial charge in [-0.05, 0) is 75.5 Å². The van der Waals surface area contributed by atoms with Crippen LogP contribution in [-0.2, 0) is 9.59 Å². The molecule has 0 aliphatic heterocycles. The lowest BCUT2D eigenvalue weighted by atomic mass is 9.49. The fourth-order valence-corrected chi connectivity index (χ4v) is 5.30. The van der Waals surface area contributed by atoms with E-state index in [4.69, 9.17) is 5.11 Å². The molecule has 4 rings (SSSR count). The molecule has 4 aliphatic rings. The molecule has 1 amide bonds. The second kappa shape index (κ2) is 4.99. The fraction of sp³-hybridized carbons (Fsp3) is 0.882. The van der Waals surface area contributed by atoms with E-state index >= 15 is 0 Å². The van der Waals surface area contributed by atoms with Crippen LogP contribution in [-0.4, -0.2) is 23.5 Å². The van der Waals surface area contributed by atoms with Crippen molar-refractivity contribution in [3.05, 3.63) is 0 Å². The van der Waals surface area contributed by atoms with Gasteiger partial charge in [-0.1, -0.05) is 0 Å². The van der Waals surface area contributed by atoms with E-state index in [1.54, 1.807) is 13.8 Å². The van der Waals surface area contributed by atoms with Crippen LogP contribution in [0.15, 0.2) is 0 Å². The molecule has 21 heavy (non-hydrogen) atoms. The highest BCUT2D eigenvalue weighted by Crippen LogP contribution is 2.61. The summed E-state index contributed by atoms with van der Waals surface area (Å²) in [5.41, 5.74) is -0.663. The Morgan fingerprint density at radius 3 is 2.00 bits per heavy atom. The minimum Gasteiger partial charge on any atom is -0.481 e. The summed E-state index contributed by atoms with van der Waals surface area (Å²) in [6.07, 6.45) is 8.40. The van der Waals surface area contributed by atoms with Gasteiger partial charge in [0.25, 0.3) is 0 Å². The van der Waals surface area contributed by atoms with Crippen molar-refractivity contribution in [3.8, 4) is 0 Å². The average molecular weight is 293 g/mol. The first-order valence-electron chi connectivity index (χ1n) is 8.28. The zero-order valence-electron chi connectivity index (χ0n) is 13.2. The van der Waals surface area contributed by atoms with Crippen molar-refractivity contribution in [3.63, 3.8) is 0 Å². The third kappa shape index (κ3) is 2.95. The highest BCUT2D eigenvalue weighted by molar-refractivity contribution is 5.79. The molecule has 0 unspecified atom stereocenters. The van der Waals surface area contributed by atoms with E-state index in [9.17, 15) is 9.59 Å². The van der Waals surface area contributed by atoms with E-state index in [2.05, 4.69) is 5.32 Å². The number of rotatable bonds is 5. The number of aliphatic carboxylic acids is 1. The summed E-state index contributed by atoms with van der Waals surface area (Å²) in [4.78, 5) is 23.4. The number of nitrogens with one attached hydrogen (secondary N) is 1. The standard InChI is InChI=1S/C17H27NO3/c1-16(2,15(20)21)10-18-14(19)9-17-6-11-3-12(7-17)5-13(4-11)8-17/h11-13H,3-10H2,1-2H3,(H,18,19)(H,20,21). The minimum atomic E-state index is -0.892. The maximum atomic E-state index is 12.3. The molecular formula is C17H27NO3. The van der Waals surface area contributed by atoms with E-state index in [1.165, 1.54) is 38.5 Å². The van der Waals surface area contributed by atoms with Gasteiger partial charge in [-0.25, -0.2) is 0 Å². The van der Waals surface area contributed by atoms with Crippen molar-refractivity contribution in [1.82, 2.24) is 5.32 Å². The Labute approximate surface area is 126 Å². The van der Waals surface area contributed by atoms with Crippen molar-refractivity contribution in [2.45, 2.75) is 58.8 Å². The Balaban J connectivity index is 1.57. The van der Waals surface area contributed by atoms with Crippen LogP contribution < -0.4 is 5.32 Å². The third-order valence-electron chi connectivity index (χ3n) is 6.01. The lowest BCUT2D eigenvalue weighted by Crippen LogP contribution is -2.48. The zero-order valence-corrected chi connectivity index (χ0v) is 13.2. The number of carbonyl (C=O) groups excluding carboxylic acids is 1. The lowest BCUT2D eigenvalue weighted by molar-refractivity contribution is -0.147. The average Bonchev–Trinajstić information content (AvgIpc) is 2.34. The van der Waals surface area contributed by atoms with Crippen LogP contribution in [0.3, 0.4) is 0 Å². The number of hydrogen-bond acceptors (Lipinski definition) is 2. The summed E-state index contributed by atoms with van der Waals surface area (Å²) in [6, 6.07) is 0. The van der Waals surface area contributed by atoms with Crippen molar-refractivity contribution >= 4 is 11.9 Å². The molecule has 4 bridgehead atoms. The molecule has 2 N–H and O–H groups in total. The van der Waals surface area contributed by atoms with Gasteiger partial charge in [-0.3, -0.25) is 9.59 Å². The Kier molecular flexibility index (Phi) is 3.53. The van der Waals surface area contributed by atoms with E-state index in [1.807, 2.05) is 0 Å². The molecule has 0 saturated heterocycles. The van der Waals surface area contributed by atoms with E-state index in [-0.39, 0.29) is 17.9 Å². The molecule has 0 aromatic carbocycles. The largest absolute Gasteiger partial charge is 0.481 e. The molecule has 4 nitrogen and oxygen atoms in total. The molecule has 0 atom stereocenters. The van der Waals surface area contributed by atoms with Crippen LogP contribution in [0.5, 0.6) is 0 Å². The Morgan fingerprint density at radius 2 is 1.57 bits per heavy atom. The topological polar surface area (TPSA) is 66.4 Å². The van der Waals surface area contributed by atoms with E-state index in [0.717, 1.165) is 17.8 Å². The monoisotopic (exact) mass is 293 g/mol. The predicted molar refractivity (Wildman–Crippen MR) is 79.6 cm³/mol. The fourth-order valence-electron chi connectivity index (χ4n) is 5.30. The van der Waals surface area contributed by atoms with Crippen molar-refractivity contribution in [2.75, 3.05) is 6.54 Å². The second-order valence-electron chi connectivity index (χ2n) is 8.56. The quantitative estimate of drug-likeness (QED) is 0.819. The van der Waals surface area contributed by atoms with Crippen LogP contribution in [0.25, 0.3) is 0 Å². The molecule has 4 heteroatoms. The van der Waals surface area contributed by atoms with Gasteiger partial charge in [0.05, 0.1) is 5.41 Å². The Bertz CT molecular complexity index is 420. The lowest BCUT2D eigenvalue weighted by Gasteiger charge is -2.56. The maximum absolute atomic E-state index is 12.3. The molecule has 0 radical (unpaired) electrons. The van der Waals surface area contributed by atoms with E-state index in [0.29, 0.717) is 6.42 Å². The first kappa shape index (κ1) is 14.9. The summed E-state index contributed by atoms with van der Waals surface area (Å²) >= 11 is 0. The van der Waals surface area contributed by atoms with Crippen molar-refractivity contribution in [2.24, 2.45) is 28.6 Å². The second-order valence-corrected chi connectivity index (χ2v) is 8.56. The molecule has 4 fully saturated rings. The highest BCUT2D eigenvalue weighted by atomic mass is 16.4. The summed E-state index contributed by atoms with van der Waals surface area (Å²) in [6.45, 7) is 3.52. The SMILES string of the molecule is CC(C)(CNC(=O)CC12CC3CC(CC(C3)C1)C2)C(=O)O. The number of carbonyl (C=O) groups is 2. The first-order chi connectivity index (χ1) is 9.78. The normalized spacial score (nSPS) is 37.5. The number of amides is 1. The van der Waals surface area contributed by atoms with E-state index < -0.39 is 11.4 Å². The number of carboxylic acid groups (broad SMARTS) is 1. The van der Waals surface area contributed by atoms with Gasteiger partial charge in [0.15, 0.2) is 0 Å². The predicted octanol–water partition coefficient (Wildman–Crippen LogP) is 2.82. The van der Waals surface area contributed by atoms with Gasteiger partial charge in [-0.15, -0.1) is 0 Å². The van der Waals surface area contributed by atoms with Crippen LogP contribution in [0, 0.1) is 28.6 Å². The Hall–Kier alpha value is -1.06. The molecule has 0 heterocycles. The summed E-state index contributed by atoms with van der Waals surface area (Å²) < 4.78 is 0. The van der Waals surface area contributed by atoms with Gasteiger partial charge in [0.2, 0.25) is 5.91 Å². The number of hydrogen-bond donors (Lipinski definition) is 2. The Morgan fingerprint density at radius 1 is 1.10 bits per heavy atom. The molecular weight excluding hydrogens is 266 g/mol. The van der Waals surface area contributed by atoms with Crippen LogP contribution in [0.1, 0.15) is 58.8 Å². The number of carboxylic acids is 1. The maximum Gasteiger partial charge on any atom is 0.310 e. The van der Waals surface area contributed by atoms with Gasteiger partial charge >= 0.3 is 5.97 Å². The third-order valence-corrected chi connectivity index (χ3v) is 6.01. The molecule has 0 aromatic rings. The van der Waals surface area contributed by atoms with Crippen LogP contribution in [0.2, 0.25) is 0 Å². The van der Waals surface area contributed by atoms with Crippen LogP contribution >= 0.6 is 0 Å². The minimum absolute atomic E-state index is 0.0475. The van der Waals surface area contributed by atoms with Gasteiger partial charge in [0.1, 0.15) is 0 Å². The molecule has 118 valence electrons. The highest BCUT2D eigenvalue weighted by Gasteiger charge is 2.51. The summed E-state index contributed by atoms with van der Waals surface area (Å²) in [5.74, 6) is 1.72. The smallest absolute Gasteiger partial charge is 0.310 e. The van der Waals surface area contributed by atoms with Gasteiger partial charge in [-0.2, -0.15) is 0 Å². The molecule has 4 aliphatic carbocycles. The first-order valence-corrected chi connectivity index (χ1v) is 8.28. The summed E-state index contributed by atoms with van der Waals surface area (Å²) in [7, 11) is 0. The van der Waals surface area contributed by atoms with Crippen LogP contribution in [0.4, 0.5) is 0 Å². The van der Waals surface area contributed by atoms with Gasteiger partial charge in [0, 0.05) is 13.0 Å². The summed E-state index contributed by atoms with van der Waals surface area (Å²) in [5, 5.41) is 12.0. The van der Waals surface area contributed by atoms with Crippen molar-refractivity contribution < 1.29 is 14.7 Å². The molecule has 4 saturated carbocycles. The molecule has 0 spiro atoms. The van der Waals surface area contributed by atoms with Crippen molar-refractivity contribution in [1.29, 1.82) is 0 Å². The zero-order chi connectivity index (χ0) is 15.3. The van der Waals surface area contributed by atoms with Gasteiger partial charge < -0.3 is 10.4 Å². The molecule has 0 aromatic heterocycles.